The number of hydrogen-bond donors (Lipinski definition) is 0. The number of rotatable bonds is 5. The zero-order valence-corrected chi connectivity index (χ0v) is 15.9. The first-order valence-corrected chi connectivity index (χ1v) is 9.49. The van der Waals surface area contributed by atoms with Gasteiger partial charge in [0.25, 0.3) is 0 Å². The highest BCUT2D eigenvalue weighted by atomic mass is 35.5. The fourth-order valence-electron chi connectivity index (χ4n) is 3.09. The van der Waals surface area contributed by atoms with Crippen LogP contribution in [0.5, 0.6) is 0 Å². The minimum Gasteiger partial charge on any atom is -0.371 e. The largest absolute Gasteiger partial charge is 0.371 e. The third-order valence-corrected chi connectivity index (χ3v) is 5.10. The second-order valence-corrected chi connectivity index (χ2v) is 7.11. The number of halogens is 2. The summed E-state index contributed by atoms with van der Waals surface area (Å²) in [7, 11) is 0. The van der Waals surface area contributed by atoms with Crippen LogP contribution in [-0.2, 0) is 4.74 Å². The lowest BCUT2D eigenvalue weighted by Gasteiger charge is -2.33. The number of nitrogens with zero attached hydrogens (tertiary/aromatic N) is 1. The average Bonchev–Trinajstić information content (AvgIpc) is 2.62. The van der Waals surface area contributed by atoms with Gasteiger partial charge in [0.2, 0.25) is 0 Å². The second kappa shape index (κ2) is 8.86. The van der Waals surface area contributed by atoms with Crippen molar-refractivity contribution < 1.29 is 4.74 Å². The number of ether oxygens (including phenoxy) is 1. The first-order chi connectivity index (χ1) is 12.2. The zero-order valence-electron chi connectivity index (χ0n) is 14.4. The summed E-state index contributed by atoms with van der Waals surface area (Å²) in [6.45, 7) is 6.16. The van der Waals surface area contributed by atoms with Crippen molar-refractivity contribution in [3.8, 4) is 0 Å². The van der Waals surface area contributed by atoms with E-state index in [0.29, 0.717) is 10.0 Å². The summed E-state index contributed by atoms with van der Waals surface area (Å²) >= 11 is 12.4. The van der Waals surface area contributed by atoms with Gasteiger partial charge in [0.1, 0.15) is 0 Å². The smallest absolute Gasteiger partial charge is 0.0952 e. The molecule has 3 rings (SSSR count). The van der Waals surface area contributed by atoms with Gasteiger partial charge in [0.05, 0.1) is 12.7 Å². The molecule has 1 saturated heterocycles. The molecular formula is C21H23Cl2NO. The summed E-state index contributed by atoms with van der Waals surface area (Å²) in [5.74, 6) is 0. The molecule has 0 aromatic heterocycles. The lowest BCUT2D eigenvalue weighted by Crippen LogP contribution is -2.38. The maximum absolute atomic E-state index is 6.20. The lowest BCUT2D eigenvalue weighted by molar-refractivity contribution is -0.0298. The lowest BCUT2D eigenvalue weighted by atomic mass is 10.0. The molecule has 1 aliphatic heterocycles. The van der Waals surface area contributed by atoms with Gasteiger partial charge in [-0.1, -0.05) is 72.6 Å². The molecule has 0 amide bonds. The first kappa shape index (κ1) is 18.5. The minimum absolute atomic E-state index is 0.163. The van der Waals surface area contributed by atoms with E-state index in [1.54, 1.807) is 0 Å². The van der Waals surface area contributed by atoms with Crippen molar-refractivity contribution >= 4 is 35.4 Å². The molecule has 1 fully saturated rings. The molecule has 2 aromatic rings. The molecule has 1 aliphatic rings. The molecule has 0 saturated carbocycles. The first-order valence-electron chi connectivity index (χ1n) is 8.73. The van der Waals surface area contributed by atoms with Gasteiger partial charge in [0, 0.05) is 28.7 Å². The van der Waals surface area contributed by atoms with Crippen LogP contribution in [-0.4, -0.2) is 31.1 Å². The Kier molecular flexibility index (Phi) is 6.55. The van der Waals surface area contributed by atoms with Crippen LogP contribution in [0.1, 0.15) is 36.1 Å². The Bertz CT molecular complexity index is 705. The summed E-state index contributed by atoms with van der Waals surface area (Å²) < 4.78 is 5.95. The molecule has 0 spiro atoms. The predicted octanol–water partition coefficient (Wildman–Crippen LogP) is 5.95. The highest BCUT2D eigenvalue weighted by molar-refractivity contribution is 6.37. The van der Waals surface area contributed by atoms with Crippen molar-refractivity contribution in [1.29, 1.82) is 0 Å². The van der Waals surface area contributed by atoms with Crippen molar-refractivity contribution in [3.05, 3.63) is 69.2 Å². The van der Waals surface area contributed by atoms with Crippen molar-refractivity contribution in [2.75, 3.05) is 26.2 Å². The predicted molar refractivity (Wildman–Crippen MR) is 107 cm³/mol. The molecular weight excluding hydrogens is 353 g/mol. The standard InChI is InChI=1S/C21H23Cl2NO/c1-2-12-24-13-14-25-21(15-24)17-9-6-16(7-10-17)8-11-18-19(22)4-3-5-20(18)23/h3-11,21H,2,12-15H2,1H3. The van der Waals surface area contributed by atoms with Gasteiger partial charge in [-0.25, -0.2) is 0 Å². The van der Waals surface area contributed by atoms with Crippen LogP contribution < -0.4 is 0 Å². The Morgan fingerprint density at radius 2 is 1.80 bits per heavy atom. The topological polar surface area (TPSA) is 12.5 Å². The van der Waals surface area contributed by atoms with Crippen molar-refractivity contribution in [3.63, 3.8) is 0 Å². The van der Waals surface area contributed by atoms with Gasteiger partial charge in [-0.2, -0.15) is 0 Å². The number of benzene rings is 2. The van der Waals surface area contributed by atoms with Gasteiger partial charge in [-0.05, 0) is 36.2 Å². The SMILES string of the molecule is CCCN1CCOC(c2ccc(C=Cc3c(Cl)cccc3Cl)cc2)C1. The molecule has 25 heavy (non-hydrogen) atoms. The Morgan fingerprint density at radius 1 is 1.08 bits per heavy atom. The highest BCUT2D eigenvalue weighted by Crippen LogP contribution is 2.27. The van der Waals surface area contributed by atoms with E-state index >= 15 is 0 Å². The summed E-state index contributed by atoms with van der Waals surface area (Å²) in [6, 6.07) is 14.1. The Hall–Kier alpha value is -1.32. The van der Waals surface area contributed by atoms with E-state index in [4.69, 9.17) is 27.9 Å². The van der Waals surface area contributed by atoms with Crippen molar-refractivity contribution in [2.24, 2.45) is 0 Å². The maximum Gasteiger partial charge on any atom is 0.0952 e. The molecule has 0 aliphatic carbocycles. The van der Waals surface area contributed by atoms with Gasteiger partial charge in [0.15, 0.2) is 0 Å². The van der Waals surface area contributed by atoms with E-state index in [0.717, 1.165) is 37.4 Å². The summed E-state index contributed by atoms with van der Waals surface area (Å²) in [4.78, 5) is 2.47. The van der Waals surface area contributed by atoms with E-state index in [1.807, 2.05) is 30.4 Å². The van der Waals surface area contributed by atoms with E-state index in [-0.39, 0.29) is 6.10 Å². The fraction of sp³-hybridized carbons (Fsp3) is 0.333. The van der Waals surface area contributed by atoms with Crippen LogP contribution in [0.25, 0.3) is 12.2 Å². The number of hydrogen-bond acceptors (Lipinski definition) is 2. The molecule has 0 radical (unpaired) electrons. The maximum atomic E-state index is 6.20. The van der Waals surface area contributed by atoms with Crippen LogP contribution >= 0.6 is 23.2 Å². The third kappa shape index (κ3) is 4.86. The van der Waals surface area contributed by atoms with E-state index in [2.05, 4.69) is 36.1 Å². The van der Waals surface area contributed by atoms with Gasteiger partial charge in [-0.3, -0.25) is 4.90 Å². The van der Waals surface area contributed by atoms with Gasteiger partial charge in [-0.15, -0.1) is 0 Å². The van der Waals surface area contributed by atoms with Crippen LogP contribution in [0.2, 0.25) is 10.0 Å². The van der Waals surface area contributed by atoms with E-state index < -0.39 is 0 Å². The Labute approximate surface area is 160 Å². The Morgan fingerprint density at radius 3 is 2.48 bits per heavy atom. The van der Waals surface area contributed by atoms with Crippen LogP contribution in [0, 0.1) is 0 Å². The van der Waals surface area contributed by atoms with Crippen molar-refractivity contribution in [1.82, 2.24) is 4.90 Å². The van der Waals surface area contributed by atoms with Gasteiger partial charge < -0.3 is 4.74 Å². The molecule has 4 heteroatoms. The van der Waals surface area contributed by atoms with Crippen molar-refractivity contribution in [2.45, 2.75) is 19.4 Å². The molecule has 2 nitrogen and oxygen atoms in total. The second-order valence-electron chi connectivity index (χ2n) is 6.30. The van der Waals surface area contributed by atoms with E-state index in [1.165, 1.54) is 12.0 Å². The molecule has 2 aromatic carbocycles. The fourth-order valence-corrected chi connectivity index (χ4v) is 3.62. The zero-order chi connectivity index (χ0) is 17.6. The monoisotopic (exact) mass is 375 g/mol. The third-order valence-electron chi connectivity index (χ3n) is 4.44. The van der Waals surface area contributed by atoms with Gasteiger partial charge >= 0.3 is 0 Å². The minimum atomic E-state index is 0.163. The molecule has 0 bridgehead atoms. The summed E-state index contributed by atoms with van der Waals surface area (Å²) in [6.07, 6.45) is 5.33. The normalized spacial score (nSPS) is 18.8. The Balaban J connectivity index is 1.69. The van der Waals surface area contributed by atoms with Crippen LogP contribution in [0.15, 0.2) is 42.5 Å². The number of morpholine rings is 1. The molecule has 132 valence electrons. The van der Waals surface area contributed by atoms with Crippen LogP contribution in [0.3, 0.4) is 0 Å². The molecule has 1 unspecified atom stereocenters. The highest BCUT2D eigenvalue weighted by Gasteiger charge is 2.21. The average molecular weight is 376 g/mol. The van der Waals surface area contributed by atoms with Crippen LogP contribution in [0.4, 0.5) is 0 Å². The molecule has 0 N–H and O–H groups in total. The summed E-state index contributed by atoms with van der Waals surface area (Å²) in [5.41, 5.74) is 3.19. The molecule has 1 heterocycles. The van der Waals surface area contributed by atoms with E-state index in [9.17, 15) is 0 Å². The summed E-state index contributed by atoms with van der Waals surface area (Å²) in [5, 5.41) is 1.32. The quantitative estimate of drug-likeness (QED) is 0.598. The molecule has 1 atom stereocenters.